The van der Waals surface area contributed by atoms with E-state index in [4.69, 9.17) is 24.4 Å². The van der Waals surface area contributed by atoms with Gasteiger partial charge in [0.1, 0.15) is 30.8 Å². The number of nitrogen functional groups attached to an aromatic ring is 1. The molecular weight excluding hydrogens is 882 g/mol. The first-order chi connectivity index (χ1) is 31.1. The maximum Gasteiger partial charge on any atom is 0.408 e. The zero-order valence-corrected chi connectivity index (χ0v) is 37.4. The van der Waals surface area contributed by atoms with Crippen molar-refractivity contribution in [1.29, 1.82) is 0 Å². The molecule has 3 aromatic carbocycles. The largest absolute Gasteiger partial charge is 1.00 e. The van der Waals surface area contributed by atoms with Gasteiger partial charge >= 0.3 is 24.0 Å². The van der Waals surface area contributed by atoms with Gasteiger partial charge in [-0.15, -0.1) is 0 Å². The number of alkyl carbamates (subject to hydrolysis) is 1. The van der Waals surface area contributed by atoms with Crippen LogP contribution in [0.25, 0.3) is 33.3 Å². The molecule has 3 aromatic rings. The second-order valence-corrected chi connectivity index (χ2v) is 15.0. The Morgan fingerprint density at radius 3 is 1.95 bits per heavy atom. The van der Waals surface area contributed by atoms with E-state index in [1.54, 1.807) is 56.3 Å². The molecule has 1 heterocycles. The molecule has 21 heteroatoms. The summed E-state index contributed by atoms with van der Waals surface area (Å²) in [6.45, 7) is 3.01. The number of H-pyrrole nitrogens is 1. The van der Waals surface area contributed by atoms with Crippen molar-refractivity contribution in [2.75, 3.05) is 27.1 Å². The molecule has 350 valence electrons. The molecule has 4 unspecified atom stereocenters. The van der Waals surface area contributed by atoms with Crippen LogP contribution in [-0.4, -0.2) is 93.1 Å². The number of nitrogens with two attached hydrogens (primary N) is 1. The Morgan fingerprint density at radius 2 is 1.30 bits per heavy atom. The standard InChI is InChI=1S/C45H49N7O13.ClH/c1-24(2)39(52-41(56)31(17-18-36(53)61-3)49-43(58)33(22-38(55)63-5)51-45(60)64-23-25-11-7-6-8-12-25)44(59)50-32(21-37(54)62-4)42(57)47-26-15-16-30-34(19-26)65-35-20-29(46)27-13-9-10-14-28(27)40(35)48-30;/h6-16,19-20,24,31-33,39H,17-18,21-23,46H2,1-5H3,(H,49,58)(H,50,59)(H,51,60)(H,52,56);1H. The highest BCUT2D eigenvalue weighted by molar-refractivity contribution is 6.08. The highest BCUT2D eigenvalue weighted by Gasteiger charge is 2.34. The van der Waals surface area contributed by atoms with E-state index in [0.29, 0.717) is 33.8 Å². The number of anilines is 1. The van der Waals surface area contributed by atoms with Gasteiger partial charge in [0.2, 0.25) is 34.8 Å². The van der Waals surface area contributed by atoms with Gasteiger partial charge in [0, 0.05) is 35.7 Å². The van der Waals surface area contributed by atoms with E-state index in [1.165, 1.54) is 12.1 Å². The smallest absolute Gasteiger partial charge is 0.408 e. The van der Waals surface area contributed by atoms with Gasteiger partial charge in [-0.1, -0.05) is 62.4 Å². The number of fused-ring (bicyclic) bond motifs is 4. The van der Waals surface area contributed by atoms with Gasteiger partial charge in [0.05, 0.1) is 44.9 Å². The number of carbonyl (C=O) groups excluding carboxylic acids is 8. The zero-order chi connectivity index (χ0) is 47.2. The summed E-state index contributed by atoms with van der Waals surface area (Å²) in [4.78, 5) is 112. The number of hydrogen-bond donors (Lipinski definition) is 5. The van der Waals surface area contributed by atoms with Gasteiger partial charge in [-0.05, 0) is 30.0 Å². The van der Waals surface area contributed by atoms with Crippen molar-refractivity contribution >= 4 is 75.2 Å². The summed E-state index contributed by atoms with van der Waals surface area (Å²) in [5.41, 5.74) is 9.14. The molecule has 2 aliphatic rings. The lowest BCUT2D eigenvalue weighted by molar-refractivity contribution is -0.332. The summed E-state index contributed by atoms with van der Waals surface area (Å²) in [7, 11) is 3.30. The Balaban J connectivity index is 0.00000952. The number of methoxy groups -OCH3 is 3. The van der Waals surface area contributed by atoms with Gasteiger partial charge in [0.25, 0.3) is 11.4 Å². The predicted molar refractivity (Wildman–Crippen MR) is 231 cm³/mol. The topological polar surface area (TPSA) is 287 Å². The van der Waals surface area contributed by atoms with E-state index in [1.807, 2.05) is 24.3 Å². The number of hydrogen-bond acceptors (Lipinski definition) is 14. The fourth-order valence-electron chi connectivity index (χ4n) is 6.58. The zero-order valence-electron chi connectivity index (χ0n) is 36.6. The van der Waals surface area contributed by atoms with Crippen molar-refractivity contribution in [1.82, 2.24) is 21.3 Å². The first-order valence-electron chi connectivity index (χ1n) is 20.3. The van der Waals surface area contributed by atoms with Gasteiger partial charge < -0.3 is 62.8 Å². The summed E-state index contributed by atoms with van der Waals surface area (Å²) in [6.07, 6.45) is -3.08. The molecule has 0 aromatic heterocycles. The molecule has 1 aliphatic carbocycles. The Morgan fingerprint density at radius 1 is 0.697 bits per heavy atom. The van der Waals surface area contributed by atoms with Crippen molar-refractivity contribution in [3.63, 3.8) is 0 Å². The molecule has 0 radical (unpaired) electrons. The quantitative estimate of drug-likeness (QED) is 0.0232. The number of benzene rings is 4. The van der Waals surface area contributed by atoms with Crippen LogP contribution in [0, 0.1) is 5.92 Å². The molecule has 5 rings (SSSR count). The van der Waals surface area contributed by atoms with Crippen molar-refractivity contribution < 1.29 is 79.1 Å². The number of nitrogens with zero attached hydrogens (tertiary/aromatic N) is 1. The third-order valence-corrected chi connectivity index (χ3v) is 10.1. The predicted octanol–water partition coefficient (Wildman–Crippen LogP) is -0.997. The number of amides is 5. The Bertz CT molecular complexity index is 2620. The van der Waals surface area contributed by atoms with Gasteiger partial charge in [-0.25, -0.2) is 9.79 Å². The van der Waals surface area contributed by atoms with E-state index < -0.39 is 90.6 Å². The number of aromatic amines is 1. The van der Waals surface area contributed by atoms with Gasteiger partial charge in [-0.2, -0.15) is 4.98 Å². The lowest BCUT2D eigenvalue weighted by Gasteiger charge is -2.27. The minimum Gasteiger partial charge on any atom is -1.00 e. The van der Waals surface area contributed by atoms with Crippen LogP contribution in [0.15, 0.2) is 88.3 Å². The first-order valence-corrected chi connectivity index (χ1v) is 20.3. The molecule has 0 saturated carbocycles. The maximum absolute atomic E-state index is 13.9. The monoisotopic (exact) mass is 931 g/mol. The number of esters is 3. The van der Waals surface area contributed by atoms with Crippen LogP contribution in [0.5, 0.6) is 0 Å². The lowest BCUT2D eigenvalue weighted by Crippen LogP contribution is -3.00. The normalized spacial score (nSPS) is 13.0. The summed E-state index contributed by atoms with van der Waals surface area (Å²) in [6, 6.07) is 16.4. The molecule has 0 spiro atoms. The Kier molecular flexibility index (Phi) is 18.5. The average molecular weight is 932 g/mol. The highest BCUT2D eigenvalue weighted by atomic mass is 35.5. The van der Waals surface area contributed by atoms with Crippen molar-refractivity contribution in [2.45, 2.75) is 70.3 Å². The van der Waals surface area contributed by atoms with E-state index in [-0.39, 0.29) is 37.2 Å². The van der Waals surface area contributed by atoms with Crippen LogP contribution in [0.4, 0.5) is 10.5 Å². The van der Waals surface area contributed by atoms with Crippen LogP contribution in [-0.2, 0) is 59.1 Å². The fourth-order valence-corrected chi connectivity index (χ4v) is 6.58. The average Bonchev–Trinajstić information content (AvgIpc) is 3.30. The second-order valence-electron chi connectivity index (χ2n) is 15.0. The molecule has 5 amide bonds. The van der Waals surface area contributed by atoms with Crippen LogP contribution in [0.1, 0.15) is 45.1 Å². The van der Waals surface area contributed by atoms with Gasteiger partial charge in [0.15, 0.2) is 0 Å². The summed E-state index contributed by atoms with van der Waals surface area (Å²) in [5, 5.41) is 11.5. The molecule has 0 bridgehead atoms. The van der Waals surface area contributed by atoms with Gasteiger partial charge in [-0.3, -0.25) is 33.6 Å². The lowest BCUT2D eigenvalue weighted by atomic mass is 10.0. The third kappa shape index (κ3) is 13.7. The van der Waals surface area contributed by atoms with Crippen LogP contribution in [0.3, 0.4) is 0 Å². The summed E-state index contributed by atoms with van der Waals surface area (Å²) in [5.74, 6) is -6.64. The third-order valence-electron chi connectivity index (χ3n) is 10.1. The first kappa shape index (κ1) is 51.0. The van der Waals surface area contributed by atoms with Crippen LogP contribution >= 0.6 is 0 Å². The fraction of sp³-hybridized carbons (Fsp3) is 0.333. The highest BCUT2D eigenvalue weighted by Crippen LogP contribution is 2.30. The number of nitrogens with one attached hydrogen (secondary N) is 5. The molecule has 1 aliphatic heterocycles. The Labute approximate surface area is 384 Å². The molecule has 0 saturated heterocycles. The van der Waals surface area contributed by atoms with Crippen LogP contribution in [0.2, 0.25) is 0 Å². The van der Waals surface area contributed by atoms with E-state index in [2.05, 4.69) is 36.0 Å². The molecule has 4 atom stereocenters. The van der Waals surface area contributed by atoms with Crippen molar-refractivity contribution in [3.8, 4) is 11.5 Å². The maximum atomic E-state index is 13.9. The van der Waals surface area contributed by atoms with Crippen molar-refractivity contribution in [2.24, 2.45) is 10.9 Å². The number of halogens is 1. The molecule has 7 N–H and O–H groups in total. The molecular formula is C45H50ClN7O13. The minimum absolute atomic E-state index is 0. The minimum atomic E-state index is -1.61. The second kappa shape index (κ2) is 23.9. The summed E-state index contributed by atoms with van der Waals surface area (Å²) >= 11 is 0. The van der Waals surface area contributed by atoms with E-state index >= 15 is 0 Å². The number of aromatic nitrogens is 1. The van der Waals surface area contributed by atoms with Crippen molar-refractivity contribution in [3.05, 3.63) is 89.8 Å². The number of ether oxygens (including phenoxy) is 4. The number of carbonyl (C=O) groups is 8. The summed E-state index contributed by atoms with van der Waals surface area (Å²) < 4.78 is 25.5. The molecule has 0 fully saturated rings. The van der Waals surface area contributed by atoms with E-state index in [9.17, 15) is 38.4 Å². The number of rotatable bonds is 18. The Hall–Kier alpha value is -7.61. The molecule has 20 nitrogen and oxygen atoms in total. The van der Waals surface area contributed by atoms with Crippen LogP contribution < -0.4 is 49.7 Å². The molecule has 66 heavy (non-hydrogen) atoms. The van der Waals surface area contributed by atoms with E-state index in [0.717, 1.165) is 32.1 Å². The SMILES string of the molecule is COC(=O)CCC(NC(=O)C(CC(=O)OC)NC(=O)OCc1ccccc1)C(=O)NC(C(=O)NC(CC(=O)OC)C(=O)N=c1ccc2[nH+]c3c(cc(N)c4ccccc43)oc-2c1)C(C)C.[Cl-].